The molecule has 0 saturated heterocycles. The second kappa shape index (κ2) is 4.37. The van der Waals surface area contributed by atoms with Gasteiger partial charge in [-0.05, 0) is 28.7 Å². The second-order valence-electron chi connectivity index (χ2n) is 5.65. The van der Waals surface area contributed by atoms with Gasteiger partial charge in [0.2, 0.25) is 0 Å². The van der Waals surface area contributed by atoms with Crippen molar-refractivity contribution in [2.45, 2.75) is 27.7 Å². The van der Waals surface area contributed by atoms with Gasteiger partial charge in [-0.2, -0.15) is 0 Å². The number of hydrogen-bond donors (Lipinski definition) is 0. The van der Waals surface area contributed by atoms with Crippen LogP contribution in [0.5, 0.6) is 0 Å². The molecule has 0 aromatic heterocycles. The molecule has 0 radical (unpaired) electrons. The van der Waals surface area contributed by atoms with E-state index in [0.717, 1.165) is 0 Å². The van der Waals surface area contributed by atoms with E-state index in [0.29, 0.717) is 0 Å². The summed E-state index contributed by atoms with van der Waals surface area (Å²) in [6, 6.07) is 15.0. The molecule has 0 heterocycles. The van der Waals surface area contributed by atoms with E-state index in [1.54, 1.807) is 0 Å². The zero-order valence-corrected chi connectivity index (χ0v) is 11.1. The number of allylic oxidation sites excluding steroid dienone is 1. The summed E-state index contributed by atoms with van der Waals surface area (Å²) in [4.78, 5) is 0. The molecule has 0 saturated carbocycles. The maximum atomic E-state index is 2.31. The van der Waals surface area contributed by atoms with Gasteiger partial charge in [-0.1, -0.05) is 74.9 Å². The highest BCUT2D eigenvalue weighted by molar-refractivity contribution is 5.90. The lowest BCUT2D eigenvalue weighted by Gasteiger charge is -2.19. The molecule has 0 aliphatic heterocycles. The number of rotatable bonds is 1. The minimum atomic E-state index is 0.233. The van der Waals surface area contributed by atoms with Gasteiger partial charge in [0.25, 0.3) is 0 Å². The zero-order valence-electron chi connectivity index (χ0n) is 11.1. The third kappa shape index (κ3) is 2.58. The van der Waals surface area contributed by atoms with Crippen molar-refractivity contribution >= 4 is 16.8 Å². The normalized spacial score (nSPS) is 13.1. The summed E-state index contributed by atoms with van der Waals surface area (Å²) in [5, 5.41) is 2.64. The molecular weight excluding hydrogens is 204 g/mol. The maximum Gasteiger partial charge on any atom is -0.0111 e. The average molecular weight is 224 g/mol. The molecule has 0 spiro atoms. The molecule has 2 rings (SSSR count). The molecule has 17 heavy (non-hydrogen) atoms. The molecule has 0 nitrogen and oxygen atoms in total. The van der Waals surface area contributed by atoms with Gasteiger partial charge in [0.1, 0.15) is 0 Å². The van der Waals surface area contributed by atoms with E-state index < -0.39 is 0 Å². The Morgan fingerprint density at radius 3 is 2.29 bits per heavy atom. The van der Waals surface area contributed by atoms with Gasteiger partial charge in [0, 0.05) is 0 Å². The predicted octanol–water partition coefficient (Wildman–Crippen LogP) is 5.29. The molecule has 2 aromatic carbocycles. The van der Waals surface area contributed by atoms with Crippen LogP contribution in [-0.2, 0) is 0 Å². The van der Waals surface area contributed by atoms with Gasteiger partial charge in [-0.15, -0.1) is 0 Å². The van der Waals surface area contributed by atoms with Crippen molar-refractivity contribution in [2.75, 3.05) is 0 Å². The van der Waals surface area contributed by atoms with Crippen LogP contribution >= 0.6 is 0 Å². The van der Waals surface area contributed by atoms with Crippen LogP contribution in [0.4, 0.5) is 0 Å². The molecule has 0 aliphatic rings. The second-order valence-corrected chi connectivity index (χ2v) is 5.65. The fourth-order valence-electron chi connectivity index (χ4n) is 1.83. The lowest BCUT2D eigenvalue weighted by Crippen LogP contribution is -2.05. The Kier molecular flexibility index (Phi) is 3.06. The predicted molar refractivity (Wildman–Crippen MR) is 77.1 cm³/mol. The van der Waals surface area contributed by atoms with E-state index in [1.807, 2.05) is 0 Å². The van der Waals surface area contributed by atoms with Crippen LogP contribution < -0.4 is 0 Å². The van der Waals surface area contributed by atoms with Crippen LogP contribution in [0.1, 0.15) is 33.3 Å². The van der Waals surface area contributed by atoms with Crippen molar-refractivity contribution in [1.82, 2.24) is 0 Å². The smallest absolute Gasteiger partial charge is 0.0111 e. The highest BCUT2D eigenvalue weighted by atomic mass is 14.2. The number of fused-ring (bicyclic) bond motifs is 1. The minimum Gasteiger partial charge on any atom is -0.0673 e. The Morgan fingerprint density at radius 2 is 1.59 bits per heavy atom. The first kappa shape index (κ1) is 11.9. The van der Waals surface area contributed by atoms with Crippen LogP contribution in [0.3, 0.4) is 0 Å². The molecule has 0 atom stereocenters. The quantitative estimate of drug-likeness (QED) is 0.617. The summed E-state index contributed by atoms with van der Waals surface area (Å²) in [6.07, 6.45) is 2.31. The van der Waals surface area contributed by atoms with E-state index in [1.165, 1.54) is 21.9 Å². The molecule has 0 bridgehead atoms. The largest absolute Gasteiger partial charge is 0.0673 e. The van der Waals surface area contributed by atoms with Crippen molar-refractivity contribution < 1.29 is 0 Å². The highest BCUT2D eigenvalue weighted by Crippen LogP contribution is 2.28. The van der Waals surface area contributed by atoms with Crippen molar-refractivity contribution in [3.63, 3.8) is 0 Å². The van der Waals surface area contributed by atoms with Gasteiger partial charge in [-0.3, -0.25) is 0 Å². The lowest BCUT2D eigenvalue weighted by molar-refractivity contribution is 0.508. The summed E-state index contributed by atoms with van der Waals surface area (Å²) in [5.74, 6) is 0. The number of hydrogen-bond acceptors (Lipinski definition) is 0. The van der Waals surface area contributed by atoms with Crippen molar-refractivity contribution in [2.24, 2.45) is 5.41 Å². The highest BCUT2D eigenvalue weighted by Gasteiger charge is 2.12. The SMILES string of the molecule is C/C(=C\c1cccc2ccccc12)C(C)(C)C. The third-order valence-corrected chi connectivity index (χ3v) is 3.38. The summed E-state index contributed by atoms with van der Waals surface area (Å²) >= 11 is 0. The molecule has 88 valence electrons. The van der Waals surface area contributed by atoms with Crippen molar-refractivity contribution in [1.29, 1.82) is 0 Å². The molecule has 0 aliphatic carbocycles. The van der Waals surface area contributed by atoms with E-state index in [-0.39, 0.29) is 5.41 Å². The standard InChI is InChI=1S/C17H20/c1-13(17(2,3)4)12-15-10-7-9-14-8-5-6-11-16(14)15/h5-12H,1-4H3/b13-12+. The molecule has 0 unspecified atom stereocenters. The Labute approximate surface area is 104 Å². The third-order valence-electron chi connectivity index (χ3n) is 3.38. The van der Waals surface area contributed by atoms with Crippen LogP contribution in [0, 0.1) is 5.41 Å². The van der Waals surface area contributed by atoms with Gasteiger partial charge in [-0.25, -0.2) is 0 Å². The molecule has 0 fully saturated rings. The van der Waals surface area contributed by atoms with Crippen LogP contribution in [0.2, 0.25) is 0 Å². The van der Waals surface area contributed by atoms with E-state index in [9.17, 15) is 0 Å². The topological polar surface area (TPSA) is 0 Å². The van der Waals surface area contributed by atoms with Crippen LogP contribution in [-0.4, -0.2) is 0 Å². The fraction of sp³-hybridized carbons (Fsp3) is 0.294. The minimum absolute atomic E-state index is 0.233. The lowest BCUT2D eigenvalue weighted by atomic mass is 9.86. The summed E-state index contributed by atoms with van der Waals surface area (Å²) < 4.78 is 0. The first-order valence-electron chi connectivity index (χ1n) is 6.15. The zero-order chi connectivity index (χ0) is 12.5. The average Bonchev–Trinajstić information content (AvgIpc) is 2.28. The molecular formula is C17H20. The van der Waals surface area contributed by atoms with Gasteiger partial charge in [0.05, 0.1) is 0 Å². The summed E-state index contributed by atoms with van der Waals surface area (Å²) in [6.45, 7) is 8.97. The van der Waals surface area contributed by atoms with E-state index in [2.05, 4.69) is 76.2 Å². The Hall–Kier alpha value is -1.56. The van der Waals surface area contributed by atoms with E-state index in [4.69, 9.17) is 0 Å². The monoisotopic (exact) mass is 224 g/mol. The first-order valence-corrected chi connectivity index (χ1v) is 6.15. The van der Waals surface area contributed by atoms with Gasteiger partial charge in [0.15, 0.2) is 0 Å². The first-order chi connectivity index (χ1) is 7.98. The van der Waals surface area contributed by atoms with Crippen LogP contribution in [0.25, 0.3) is 16.8 Å². The number of benzene rings is 2. The Balaban J connectivity index is 2.57. The van der Waals surface area contributed by atoms with Gasteiger partial charge < -0.3 is 0 Å². The summed E-state index contributed by atoms with van der Waals surface area (Å²) in [5.41, 5.74) is 2.96. The fourth-order valence-corrected chi connectivity index (χ4v) is 1.83. The van der Waals surface area contributed by atoms with Crippen molar-refractivity contribution in [3.05, 3.63) is 53.6 Å². The van der Waals surface area contributed by atoms with Gasteiger partial charge >= 0.3 is 0 Å². The maximum absolute atomic E-state index is 2.31. The summed E-state index contributed by atoms with van der Waals surface area (Å²) in [7, 11) is 0. The van der Waals surface area contributed by atoms with Crippen molar-refractivity contribution in [3.8, 4) is 0 Å². The van der Waals surface area contributed by atoms with Crippen LogP contribution in [0.15, 0.2) is 48.0 Å². The van der Waals surface area contributed by atoms with E-state index >= 15 is 0 Å². The molecule has 0 heteroatoms. The molecule has 0 amide bonds. The molecule has 0 N–H and O–H groups in total. The Bertz CT molecular complexity index is 548. The Morgan fingerprint density at radius 1 is 0.941 bits per heavy atom. The molecule has 2 aromatic rings.